The van der Waals surface area contributed by atoms with Crippen LogP contribution in [-0.2, 0) is 19.3 Å². The molecule has 0 spiro atoms. The molecule has 1 unspecified atom stereocenters. The molecule has 0 aromatic heterocycles. The van der Waals surface area contributed by atoms with Crippen molar-refractivity contribution in [2.75, 3.05) is 0 Å². The highest BCUT2D eigenvalue weighted by atomic mass is 16.3. The highest BCUT2D eigenvalue weighted by molar-refractivity contribution is 5.38. The first-order chi connectivity index (χ1) is 10.3. The van der Waals surface area contributed by atoms with Crippen LogP contribution >= 0.6 is 0 Å². The molecule has 0 amide bonds. The van der Waals surface area contributed by atoms with Gasteiger partial charge < -0.3 is 5.11 Å². The topological polar surface area (TPSA) is 20.2 Å². The molecule has 0 heterocycles. The van der Waals surface area contributed by atoms with Gasteiger partial charge in [0.25, 0.3) is 0 Å². The van der Waals surface area contributed by atoms with Gasteiger partial charge in [-0.2, -0.15) is 0 Å². The van der Waals surface area contributed by atoms with Crippen LogP contribution in [0.5, 0.6) is 0 Å². The summed E-state index contributed by atoms with van der Waals surface area (Å²) in [5.41, 5.74) is 6.78. The van der Waals surface area contributed by atoms with Crippen molar-refractivity contribution in [1.29, 1.82) is 0 Å². The first kappa shape index (κ1) is 13.1. The van der Waals surface area contributed by atoms with Gasteiger partial charge in [0.2, 0.25) is 0 Å². The van der Waals surface area contributed by atoms with E-state index in [1.807, 2.05) is 6.07 Å². The number of aryl methyl sites for hydroxylation is 2. The molecule has 0 saturated heterocycles. The molecule has 2 aliphatic carbocycles. The maximum Gasteiger partial charge on any atom is 0.0833 e. The number of aliphatic hydroxyl groups excluding tert-OH is 1. The summed E-state index contributed by atoms with van der Waals surface area (Å²) >= 11 is 0. The van der Waals surface area contributed by atoms with Gasteiger partial charge in [-0.05, 0) is 65.8 Å². The van der Waals surface area contributed by atoms with Crippen molar-refractivity contribution >= 4 is 0 Å². The largest absolute Gasteiger partial charge is 0.388 e. The summed E-state index contributed by atoms with van der Waals surface area (Å²) in [7, 11) is 0. The zero-order valence-electron chi connectivity index (χ0n) is 12.4. The Labute approximate surface area is 126 Å². The van der Waals surface area contributed by atoms with Crippen LogP contribution in [0, 0.1) is 0 Å². The van der Waals surface area contributed by atoms with Crippen LogP contribution in [-0.4, -0.2) is 5.11 Å². The summed E-state index contributed by atoms with van der Waals surface area (Å²) in [4.78, 5) is 0. The van der Waals surface area contributed by atoms with Gasteiger partial charge >= 0.3 is 0 Å². The first-order valence-corrected chi connectivity index (χ1v) is 8.19. The lowest BCUT2D eigenvalue weighted by Crippen LogP contribution is -2.05. The fourth-order valence-corrected chi connectivity index (χ4v) is 3.67. The van der Waals surface area contributed by atoms with Crippen molar-refractivity contribution in [1.82, 2.24) is 0 Å². The van der Waals surface area contributed by atoms with Crippen LogP contribution in [0.3, 0.4) is 0 Å². The van der Waals surface area contributed by atoms with E-state index in [0.717, 1.165) is 12.0 Å². The van der Waals surface area contributed by atoms with Crippen molar-refractivity contribution in [2.24, 2.45) is 0 Å². The Bertz CT molecular complexity index is 655. The van der Waals surface area contributed by atoms with Gasteiger partial charge in [-0.3, -0.25) is 0 Å². The van der Waals surface area contributed by atoms with Crippen LogP contribution in [0.1, 0.15) is 59.1 Å². The standard InChI is InChI=1S/C20H22O/c21-20(19-7-2-1-6-18(19)16-10-11-16)13-14-8-9-15-4-3-5-17(15)12-14/h1-2,6-9,12,16,20-21H,3-5,10-11,13H2. The van der Waals surface area contributed by atoms with Gasteiger partial charge in [-0.15, -0.1) is 0 Å². The number of fused-ring (bicyclic) bond motifs is 1. The molecule has 1 N–H and O–H groups in total. The minimum atomic E-state index is -0.374. The summed E-state index contributed by atoms with van der Waals surface area (Å²) < 4.78 is 0. The van der Waals surface area contributed by atoms with E-state index >= 15 is 0 Å². The molecular weight excluding hydrogens is 256 g/mol. The van der Waals surface area contributed by atoms with E-state index in [-0.39, 0.29) is 6.10 Å². The van der Waals surface area contributed by atoms with E-state index in [1.165, 1.54) is 54.4 Å². The maximum absolute atomic E-state index is 10.7. The molecule has 1 atom stereocenters. The number of aliphatic hydroxyl groups is 1. The van der Waals surface area contributed by atoms with Crippen LogP contribution in [0.2, 0.25) is 0 Å². The van der Waals surface area contributed by atoms with E-state index in [9.17, 15) is 5.11 Å². The lowest BCUT2D eigenvalue weighted by Gasteiger charge is -2.16. The van der Waals surface area contributed by atoms with Gasteiger partial charge in [-0.25, -0.2) is 0 Å². The molecule has 0 radical (unpaired) electrons. The predicted octanol–water partition coefficient (Wildman–Crippen LogP) is 4.33. The normalized spacial score (nSPS) is 18.5. The van der Waals surface area contributed by atoms with E-state index in [1.54, 1.807) is 0 Å². The number of rotatable bonds is 4. The highest BCUT2D eigenvalue weighted by Gasteiger charge is 2.27. The van der Waals surface area contributed by atoms with Crippen molar-refractivity contribution in [2.45, 2.75) is 50.5 Å². The third-order valence-corrected chi connectivity index (χ3v) is 4.96. The second kappa shape index (κ2) is 5.31. The maximum atomic E-state index is 10.7. The van der Waals surface area contributed by atoms with Crippen molar-refractivity contribution < 1.29 is 5.11 Å². The Balaban J connectivity index is 1.57. The Morgan fingerprint density at radius 2 is 1.81 bits per heavy atom. The molecule has 0 aliphatic heterocycles. The smallest absolute Gasteiger partial charge is 0.0833 e. The average Bonchev–Trinajstić information content (AvgIpc) is 3.25. The van der Waals surface area contributed by atoms with E-state index in [4.69, 9.17) is 0 Å². The molecule has 1 nitrogen and oxygen atoms in total. The van der Waals surface area contributed by atoms with E-state index in [2.05, 4.69) is 36.4 Å². The molecule has 1 fully saturated rings. The van der Waals surface area contributed by atoms with Crippen molar-refractivity contribution in [3.05, 3.63) is 70.3 Å². The fourth-order valence-electron chi connectivity index (χ4n) is 3.67. The Morgan fingerprint density at radius 1 is 1.00 bits per heavy atom. The average molecular weight is 278 g/mol. The molecule has 2 aromatic rings. The Kier molecular flexibility index (Phi) is 3.31. The molecule has 1 heteroatoms. The highest BCUT2D eigenvalue weighted by Crippen LogP contribution is 2.43. The zero-order valence-corrected chi connectivity index (χ0v) is 12.4. The van der Waals surface area contributed by atoms with Crippen molar-refractivity contribution in [3.8, 4) is 0 Å². The number of hydrogen-bond donors (Lipinski definition) is 1. The lowest BCUT2D eigenvalue weighted by molar-refractivity contribution is 0.177. The van der Waals surface area contributed by atoms with Gasteiger partial charge in [0.15, 0.2) is 0 Å². The predicted molar refractivity (Wildman–Crippen MR) is 85.5 cm³/mol. The molecule has 0 bridgehead atoms. The van der Waals surface area contributed by atoms with Gasteiger partial charge in [0.1, 0.15) is 0 Å². The molecule has 2 aromatic carbocycles. The minimum absolute atomic E-state index is 0.374. The molecule has 21 heavy (non-hydrogen) atoms. The molecule has 2 aliphatic rings. The molecular formula is C20H22O. The second-order valence-corrected chi connectivity index (χ2v) is 6.58. The Morgan fingerprint density at radius 3 is 2.67 bits per heavy atom. The molecule has 4 rings (SSSR count). The van der Waals surface area contributed by atoms with Gasteiger partial charge in [-0.1, -0.05) is 42.5 Å². The van der Waals surface area contributed by atoms with E-state index < -0.39 is 0 Å². The summed E-state index contributed by atoms with van der Waals surface area (Å²) in [6.07, 6.45) is 6.63. The first-order valence-electron chi connectivity index (χ1n) is 8.19. The Hall–Kier alpha value is -1.60. The third kappa shape index (κ3) is 2.63. The summed E-state index contributed by atoms with van der Waals surface area (Å²) in [5, 5.41) is 10.7. The van der Waals surface area contributed by atoms with Gasteiger partial charge in [0, 0.05) is 6.42 Å². The minimum Gasteiger partial charge on any atom is -0.388 e. The number of benzene rings is 2. The van der Waals surface area contributed by atoms with Crippen molar-refractivity contribution in [3.63, 3.8) is 0 Å². The number of hydrogen-bond acceptors (Lipinski definition) is 1. The third-order valence-electron chi connectivity index (χ3n) is 4.96. The second-order valence-electron chi connectivity index (χ2n) is 6.58. The van der Waals surface area contributed by atoms with Crippen LogP contribution < -0.4 is 0 Å². The quantitative estimate of drug-likeness (QED) is 0.882. The van der Waals surface area contributed by atoms with Crippen LogP contribution in [0.4, 0.5) is 0 Å². The van der Waals surface area contributed by atoms with Crippen LogP contribution in [0.25, 0.3) is 0 Å². The SMILES string of the molecule is OC(Cc1ccc2c(c1)CCC2)c1ccccc1C1CC1. The summed E-state index contributed by atoms with van der Waals surface area (Å²) in [5.74, 6) is 0.691. The van der Waals surface area contributed by atoms with Gasteiger partial charge in [0.05, 0.1) is 6.10 Å². The summed E-state index contributed by atoms with van der Waals surface area (Å²) in [6, 6.07) is 15.2. The molecule has 108 valence electrons. The molecule has 1 saturated carbocycles. The van der Waals surface area contributed by atoms with E-state index in [0.29, 0.717) is 5.92 Å². The monoisotopic (exact) mass is 278 g/mol. The lowest BCUT2D eigenvalue weighted by atomic mass is 9.94. The van der Waals surface area contributed by atoms with Crippen LogP contribution in [0.15, 0.2) is 42.5 Å². The fraction of sp³-hybridized carbons (Fsp3) is 0.400. The zero-order chi connectivity index (χ0) is 14.2. The summed E-state index contributed by atoms with van der Waals surface area (Å²) in [6.45, 7) is 0.